The predicted octanol–water partition coefficient (Wildman–Crippen LogP) is 2.92. The minimum atomic E-state index is -0.396. The fourth-order valence-electron chi connectivity index (χ4n) is 1.54. The molecule has 0 aromatic heterocycles. The van der Waals surface area contributed by atoms with Crippen LogP contribution in [0.3, 0.4) is 0 Å². The number of benzene rings is 1. The molecule has 1 aliphatic carbocycles. The zero-order valence-corrected chi connectivity index (χ0v) is 9.31. The van der Waals surface area contributed by atoms with Gasteiger partial charge in [-0.2, -0.15) is 0 Å². The molecule has 82 valence electrons. The van der Waals surface area contributed by atoms with Gasteiger partial charge in [-0.3, -0.25) is 0 Å². The molecule has 1 unspecified atom stereocenters. The lowest BCUT2D eigenvalue weighted by atomic mass is 9.99. The predicted molar refractivity (Wildman–Crippen MR) is 59.9 cm³/mol. The Bertz CT molecular complexity index is 329. The van der Waals surface area contributed by atoms with Crippen molar-refractivity contribution in [1.82, 2.24) is 0 Å². The molecule has 0 saturated heterocycles. The van der Waals surface area contributed by atoms with Crippen LogP contribution in [0.15, 0.2) is 24.3 Å². The highest BCUT2D eigenvalue weighted by Crippen LogP contribution is 2.29. The molecule has 1 aliphatic rings. The van der Waals surface area contributed by atoms with Crippen molar-refractivity contribution in [2.24, 2.45) is 5.92 Å². The minimum Gasteiger partial charge on any atom is -0.490 e. The Kier molecular flexibility index (Phi) is 2.96. The molecule has 2 heteroatoms. The summed E-state index contributed by atoms with van der Waals surface area (Å²) in [7, 11) is 0. The second-order valence-electron chi connectivity index (χ2n) is 4.58. The second kappa shape index (κ2) is 4.23. The molecular weight excluding hydrogens is 188 g/mol. The van der Waals surface area contributed by atoms with E-state index in [0.29, 0.717) is 6.10 Å². The highest BCUT2D eigenvalue weighted by Gasteiger charge is 2.23. The van der Waals surface area contributed by atoms with Gasteiger partial charge >= 0.3 is 0 Å². The fourth-order valence-corrected chi connectivity index (χ4v) is 1.54. The van der Waals surface area contributed by atoms with E-state index in [4.69, 9.17) is 4.74 Å². The Morgan fingerprint density at radius 3 is 2.67 bits per heavy atom. The van der Waals surface area contributed by atoms with E-state index in [1.165, 1.54) is 0 Å². The van der Waals surface area contributed by atoms with E-state index in [1.54, 1.807) is 0 Å². The first-order valence-electron chi connectivity index (χ1n) is 5.61. The maximum Gasteiger partial charge on any atom is 0.120 e. The van der Waals surface area contributed by atoms with Gasteiger partial charge < -0.3 is 9.84 Å². The average Bonchev–Trinajstić information content (AvgIpc) is 3.01. The Hall–Kier alpha value is -1.02. The van der Waals surface area contributed by atoms with Gasteiger partial charge in [0, 0.05) is 0 Å². The van der Waals surface area contributed by atoms with Gasteiger partial charge in [0.05, 0.1) is 12.2 Å². The minimum absolute atomic E-state index is 0.237. The molecule has 0 bridgehead atoms. The Morgan fingerprint density at radius 1 is 1.33 bits per heavy atom. The van der Waals surface area contributed by atoms with E-state index < -0.39 is 6.10 Å². The summed E-state index contributed by atoms with van der Waals surface area (Å²) in [6, 6.07) is 7.79. The van der Waals surface area contributed by atoms with Gasteiger partial charge in [-0.15, -0.1) is 0 Å². The van der Waals surface area contributed by atoms with Crippen molar-refractivity contribution in [1.29, 1.82) is 0 Å². The van der Waals surface area contributed by atoms with Gasteiger partial charge in [-0.1, -0.05) is 26.0 Å². The Labute approximate surface area is 90.9 Å². The molecule has 1 fully saturated rings. The maximum absolute atomic E-state index is 9.92. The summed E-state index contributed by atoms with van der Waals surface area (Å²) < 4.78 is 5.68. The quantitative estimate of drug-likeness (QED) is 0.820. The van der Waals surface area contributed by atoms with Gasteiger partial charge in [0.15, 0.2) is 0 Å². The van der Waals surface area contributed by atoms with Crippen LogP contribution in [0.5, 0.6) is 5.75 Å². The van der Waals surface area contributed by atoms with Crippen molar-refractivity contribution >= 4 is 0 Å². The smallest absolute Gasteiger partial charge is 0.120 e. The zero-order chi connectivity index (χ0) is 10.8. The highest BCUT2D eigenvalue weighted by atomic mass is 16.5. The molecule has 1 saturated carbocycles. The first-order chi connectivity index (χ1) is 7.16. The van der Waals surface area contributed by atoms with E-state index in [1.807, 2.05) is 38.1 Å². The lowest BCUT2D eigenvalue weighted by Crippen LogP contribution is -2.05. The van der Waals surface area contributed by atoms with Crippen molar-refractivity contribution in [2.45, 2.75) is 38.9 Å². The summed E-state index contributed by atoms with van der Waals surface area (Å²) in [4.78, 5) is 0. The van der Waals surface area contributed by atoms with Crippen molar-refractivity contribution in [3.8, 4) is 5.75 Å². The number of rotatable bonds is 4. The molecule has 1 N–H and O–H groups in total. The SMILES string of the molecule is CC(C)C(O)c1cccc(OC2CC2)c1. The van der Waals surface area contributed by atoms with E-state index in [0.717, 1.165) is 24.2 Å². The molecule has 15 heavy (non-hydrogen) atoms. The van der Waals surface area contributed by atoms with Gasteiger partial charge in [0.2, 0.25) is 0 Å². The van der Waals surface area contributed by atoms with Crippen molar-refractivity contribution < 1.29 is 9.84 Å². The lowest BCUT2D eigenvalue weighted by molar-refractivity contribution is 0.126. The first kappa shape index (κ1) is 10.5. The third-order valence-corrected chi connectivity index (χ3v) is 2.66. The van der Waals surface area contributed by atoms with Crippen LogP contribution < -0.4 is 4.74 Å². The monoisotopic (exact) mass is 206 g/mol. The molecule has 2 nitrogen and oxygen atoms in total. The zero-order valence-electron chi connectivity index (χ0n) is 9.31. The Balaban J connectivity index is 2.10. The summed E-state index contributed by atoms with van der Waals surface area (Å²) in [6.45, 7) is 4.03. The molecule has 0 aliphatic heterocycles. The summed E-state index contributed by atoms with van der Waals surface area (Å²) >= 11 is 0. The number of hydrogen-bond donors (Lipinski definition) is 1. The van der Waals surface area contributed by atoms with Gasteiger partial charge in [-0.25, -0.2) is 0 Å². The standard InChI is InChI=1S/C13H18O2/c1-9(2)13(14)10-4-3-5-12(8-10)15-11-6-7-11/h3-5,8-9,11,13-14H,6-7H2,1-2H3. The fraction of sp³-hybridized carbons (Fsp3) is 0.538. The average molecular weight is 206 g/mol. The molecule has 0 amide bonds. The summed E-state index contributed by atoms with van der Waals surface area (Å²) in [5.41, 5.74) is 0.947. The molecule has 0 heterocycles. The maximum atomic E-state index is 9.92. The van der Waals surface area contributed by atoms with Crippen LogP contribution in [-0.4, -0.2) is 11.2 Å². The third-order valence-electron chi connectivity index (χ3n) is 2.66. The van der Waals surface area contributed by atoms with Crippen LogP contribution in [0.25, 0.3) is 0 Å². The van der Waals surface area contributed by atoms with Crippen LogP contribution in [0.1, 0.15) is 38.4 Å². The van der Waals surface area contributed by atoms with Crippen molar-refractivity contribution in [2.75, 3.05) is 0 Å². The van der Waals surface area contributed by atoms with Crippen molar-refractivity contribution in [3.05, 3.63) is 29.8 Å². The topological polar surface area (TPSA) is 29.5 Å². The number of ether oxygens (including phenoxy) is 1. The summed E-state index contributed by atoms with van der Waals surface area (Å²) in [6.07, 6.45) is 2.35. The number of aliphatic hydroxyl groups excluding tert-OH is 1. The van der Waals surface area contributed by atoms with E-state index >= 15 is 0 Å². The molecule has 1 aromatic rings. The lowest BCUT2D eigenvalue weighted by Gasteiger charge is -2.15. The molecule has 1 atom stereocenters. The number of aliphatic hydroxyl groups is 1. The van der Waals surface area contributed by atoms with Gasteiger partial charge in [-0.05, 0) is 36.5 Å². The van der Waals surface area contributed by atoms with Crippen molar-refractivity contribution in [3.63, 3.8) is 0 Å². The van der Waals surface area contributed by atoms with Gasteiger partial charge in [0.1, 0.15) is 5.75 Å². The highest BCUT2D eigenvalue weighted by molar-refractivity contribution is 5.30. The van der Waals surface area contributed by atoms with Crippen LogP contribution >= 0.6 is 0 Å². The molecule has 2 rings (SSSR count). The second-order valence-corrected chi connectivity index (χ2v) is 4.58. The van der Waals surface area contributed by atoms with Crippen LogP contribution in [0, 0.1) is 5.92 Å². The van der Waals surface area contributed by atoms with Crippen LogP contribution in [0.2, 0.25) is 0 Å². The summed E-state index contributed by atoms with van der Waals surface area (Å²) in [5, 5.41) is 9.92. The normalized spacial score (nSPS) is 17.9. The first-order valence-corrected chi connectivity index (χ1v) is 5.61. The Morgan fingerprint density at radius 2 is 2.07 bits per heavy atom. The molecular formula is C13H18O2. The van der Waals surface area contributed by atoms with E-state index in [9.17, 15) is 5.11 Å². The van der Waals surface area contributed by atoms with Gasteiger partial charge in [0.25, 0.3) is 0 Å². The third kappa shape index (κ3) is 2.72. The van der Waals surface area contributed by atoms with E-state index in [-0.39, 0.29) is 5.92 Å². The largest absolute Gasteiger partial charge is 0.490 e. The van der Waals surface area contributed by atoms with E-state index in [2.05, 4.69) is 0 Å². The molecule has 0 spiro atoms. The van der Waals surface area contributed by atoms with Crippen LogP contribution in [0.4, 0.5) is 0 Å². The molecule has 0 radical (unpaired) electrons. The number of hydrogen-bond acceptors (Lipinski definition) is 2. The molecule has 1 aromatic carbocycles. The van der Waals surface area contributed by atoms with Crippen LogP contribution in [-0.2, 0) is 0 Å². The summed E-state index contributed by atoms with van der Waals surface area (Å²) in [5.74, 6) is 1.12.